The predicted octanol–water partition coefficient (Wildman–Crippen LogP) is 5.64. The summed E-state index contributed by atoms with van der Waals surface area (Å²) in [6, 6.07) is 16.1. The van der Waals surface area contributed by atoms with E-state index in [2.05, 4.69) is 35.4 Å². The van der Waals surface area contributed by atoms with Crippen molar-refractivity contribution in [2.75, 3.05) is 5.75 Å². The van der Waals surface area contributed by atoms with Crippen LogP contribution in [-0.2, 0) is 4.79 Å². The molecule has 1 N–H and O–H groups in total. The van der Waals surface area contributed by atoms with Crippen LogP contribution in [0.25, 0.3) is 10.9 Å². The van der Waals surface area contributed by atoms with Crippen molar-refractivity contribution in [1.29, 1.82) is 0 Å². The van der Waals surface area contributed by atoms with Crippen LogP contribution in [-0.4, -0.2) is 16.6 Å². The minimum absolute atomic E-state index is 0.0371. The third-order valence-corrected chi connectivity index (χ3v) is 5.16. The highest BCUT2D eigenvalue weighted by Gasteiger charge is 2.09. The third-order valence-electron chi connectivity index (χ3n) is 4.28. The molecule has 1 atom stereocenters. The van der Waals surface area contributed by atoms with Crippen LogP contribution in [0.15, 0.2) is 53.4 Å². The number of hydrogen-bond donors (Lipinski definition) is 1. The first-order valence-corrected chi connectivity index (χ1v) is 10.0. The number of ether oxygens (including phenoxy) is 1. The number of aryl methyl sites for hydroxylation is 1. The average Bonchev–Trinajstić information content (AvgIpc) is 2.63. The topological polar surface area (TPSA) is 51.2 Å². The van der Waals surface area contributed by atoms with Crippen molar-refractivity contribution in [3.8, 4) is 11.6 Å². The van der Waals surface area contributed by atoms with Crippen molar-refractivity contribution < 1.29 is 9.53 Å². The van der Waals surface area contributed by atoms with Gasteiger partial charge in [-0.3, -0.25) is 4.79 Å². The number of hydrogen-bond acceptors (Lipinski definition) is 4. The molecule has 5 heteroatoms. The van der Waals surface area contributed by atoms with Gasteiger partial charge in [0.2, 0.25) is 11.8 Å². The zero-order valence-electron chi connectivity index (χ0n) is 16.1. The molecule has 0 saturated heterocycles. The molecule has 27 heavy (non-hydrogen) atoms. The number of thioether (sulfide) groups is 1. The van der Waals surface area contributed by atoms with E-state index in [0.717, 1.165) is 33.5 Å². The Balaban J connectivity index is 1.81. The van der Waals surface area contributed by atoms with Crippen LogP contribution >= 0.6 is 11.8 Å². The third kappa shape index (κ3) is 4.80. The maximum absolute atomic E-state index is 11.3. The van der Waals surface area contributed by atoms with Gasteiger partial charge in [0.25, 0.3) is 0 Å². The summed E-state index contributed by atoms with van der Waals surface area (Å²) < 4.78 is 6.00. The lowest BCUT2D eigenvalue weighted by atomic mass is 10.1. The Morgan fingerprint density at radius 2 is 2.00 bits per heavy atom. The van der Waals surface area contributed by atoms with Crippen molar-refractivity contribution >= 4 is 28.6 Å². The minimum atomic E-state index is -0.0387. The van der Waals surface area contributed by atoms with Gasteiger partial charge in [-0.1, -0.05) is 13.0 Å². The van der Waals surface area contributed by atoms with E-state index in [1.807, 2.05) is 55.9 Å². The van der Waals surface area contributed by atoms with E-state index in [-0.39, 0.29) is 11.9 Å². The molecular weight excluding hydrogens is 356 g/mol. The van der Waals surface area contributed by atoms with Crippen LogP contribution in [0, 0.1) is 6.92 Å². The monoisotopic (exact) mass is 380 g/mol. The summed E-state index contributed by atoms with van der Waals surface area (Å²) in [5.74, 6) is 2.40. The van der Waals surface area contributed by atoms with E-state index in [1.165, 1.54) is 11.8 Å². The van der Waals surface area contributed by atoms with Gasteiger partial charge in [-0.15, -0.1) is 11.8 Å². The van der Waals surface area contributed by atoms with Gasteiger partial charge in [-0.25, -0.2) is 4.98 Å². The number of rotatable bonds is 6. The summed E-state index contributed by atoms with van der Waals surface area (Å²) >= 11 is 1.82. The molecule has 1 unspecified atom stereocenters. The second-order valence-electron chi connectivity index (χ2n) is 6.49. The molecule has 3 rings (SSSR count). The number of fused-ring (bicyclic) bond motifs is 1. The first-order chi connectivity index (χ1) is 13.0. The molecule has 140 valence electrons. The van der Waals surface area contributed by atoms with Crippen LogP contribution in [0.3, 0.4) is 0 Å². The summed E-state index contributed by atoms with van der Waals surface area (Å²) in [6.07, 6.45) is 0. The average molecular weight is 381 g/mol. The number of pyridine rings is 1. The lowest BCUT2D eigenvalue weighted by Crippen LogP contribution is -2.23. The van der Waals surface area contributed by atoms with Gasteiger partial charge in [-0.05, 0) is 67.1 Å². The van der Waals surface area contributed by atoms with Crippen LogP contribution in [0.1, 0.15) is 37.9 Å². The number of aromatic nitrogens is 1. The highest BCUT2D eigenvalue weighted by atomic mass is 32.2. The maximum atomic E-state index is 11.3. The van der Waals surface area contributed by atoms with E-state index >= 15 is 0 Å². The quantitative estimate of drug-likeness (QED) is 0.562. The fraction of sp³-hybridized carbons (Fsp3) is 0.273. The van der Waals surface area contributed by atoms with Gasteiger partial charge < -0.3 is 10.1 Å². The Hall–Kier alpha value is -2.53. The molecule has 0 aliphatic heterocycles. The Kier molecular flexibility index (Phi) is 6.01. The van der Waals surface area contributed by atoms with Crippen LogP contribution in [0.2, 0.25) is 0 Å². The minimum Gasteiger partial charge on any atom is -0.439 e. The second kappa shape index (κ2) is 8.44. The summed E-state index contributed by atoms with van der Waals surface area (Å²) in [5.41, 5.74) is 3.00. The zero-order chi connectivity index (χ0) is 19.4. The zero-order valence-corrected chi connectivity index (χ0v) is 16.9. The lowest BCUT2D eigenvalue weighted by Gasteiger charge is -2.14. The Bertz CT molecular complexity index is 972. The smallest absolute Gasteiger partial charge is 0.219 e. The van der Waals surface area contributed by atoms with E-state index in [4.69, 9.17) is 4.74 Å². The standard InChI is InChI=1S/C22H24N2O2S/c1-5-27-19-8-10-21(14(2)12-19)26-22-11-7-18-13-17(6-9-20(18)24-22)15(3)23-16(4)25/h6-13,15H,5H2,1-4H3,(H,23,25). The highest BCUT2D eigenvalue weighted by Crippen LogP contribution is 2.29. The number of carbonyl (C=O) groups is 1. The van der Waals surface area contributed by atoms with Gasteiger partial charge in [-0.2, -0.15) is 0 Å². The molecule has 0 aliphatic rings. The first kappa shape index (κ1) is 19.2. The first-order valence-electron chi connectivity index (χ1n) is 9.05. The summed E-state index contributed by atoms with van der Waals surface area (Å²) in [5, 5.41) is 3.92. The SMILES string of the molecule is CCSc1ccc(Oc2ccc3cc(C(C)NC(C)=O)ccc3n2)c(C)c1. The molecule has 0 saturated carbocycles. The highest BCUT2D eigenvalue weighted by molar-refractivity contribution is 7.99. The van der Waals surface area contributed by atoms with E-state index in [1.54, 1.807) is 0 Å². The van der Waals surface area contributed by atoms with Gasteiger partial charge in [0.15, 0.2) is 0 Å². The summed E-state index contributed by atoms with van der Waals surface area (Å²) in [7, 11) is 0. The fourth-order valence-corrected chi connectivity index (χ4v) is 3.70. The molecule has 1 heterocycles. The van der Waals surface area contributed by atoms with Crippen LogP contribution in [0.5, 0.6) is 11.6 Å². The molecule has 0 bridgehead atoms. The van der Waals surface area contributed by atoms with Crippen molar-refractivity contribution in [3.63, 3.8) is 0 Å². The Labute approximate surface area is 164 Å². The number of amides is 1. The number of nitrogens with zero attached hydrogens (tertiary/aromatic N) is 1. The van der Waals surface area contributed by atoms with E-state index in [9.17, 15) is 4.79 Å². The van der Waals surface area contributed by atoms with Crippen LogP contribution in [0.4, 0.5) is 0 Å². The van der Waals surface area contributed by atoms with Gasteiger partial charge in [0, 0.05) is 23.3 Å². The van der Waals surface area contributed by atoms with Gasteiger partial charge in [0.05, 0.1) is 11.6 Å². The molecule has 1 amide bonds. The van der Waals surface area contributed by atoms with Crippen LogP contribution < -0.4 is 10.1 Å². The lowest BCUT2D eigenvalue weighted by molar-refractivity contribution is -0.119. The van der Waals surface area contributed by atoms with Gasteiger partial charge in [0.1, 0.15) is 5.75 Å². The molecule has 3 aromatic rings. The normalized spacial score (nSPS) is 12.0. The number of carbonyl (C=O) groups excluding carboxylic acids is 1. The molecule has 1 aromatic heterocycles. The van der Waals surface area contributed by atoms with E-state index in [0.29, 0.717) is 5.88 Å². The largest absolute Gasteiger partial charge is 0.439 e. The molecule has 0 fully saturated rings. The second-order valence-corrected chi connectivity index (χ2v) is 7.82. The molecule has 0 spiro atoms. The maximum Gasteiger partial charge on any atom is 0.219 e. The molecule has 0 aliphatic carbocycles. The molecule has 4 nitrogen and oxygen atoms in total. The molecule has 2 aromatic carbocycles. The van der Waals surface area contributed by atoms with Crippen molar-refractivity contribution in [2.24, 2.45) is 0 Å². The molecular formula is C22H24N2O2S. The predicted molar refractivity (Wildman–Crippen MR) is 112 cm³/mol. The van der Waals surface area contributed by atoms with E-state index < -0.39 is 0 Å². The van der Waals surface area contributed by atoms with Crippen molar-refractivity contribution in [3.05, 3.63) is 59.7 Å². The number of nitrogens with one attached hydrogen (secondary N) is 1. The Morgan fingerprint density at radius 3 is 2.70 bits per heavy atom. The molecule has 0 radical (unpaired) electrons. The van der Waals surface area contributed by atoms with Crippen molar-refractivity contribution in [1.82, 2.24) is 10.3 Å². The number of benzene rings is 2. The fourth-order valence-electron chi connectivity index (χ4n) is 2.95. The van der Waals surface area contributed by atoms with Crippen molar-refractivity contribution in [2.45, 2.75) is 38.6 Å². The Morgan fingerprint density at radius 1 is 1.19 bits per heavy atom. The summed E-state index contributed by atoms with van der Waals surface area (Å²) in [4.78, 5) is 17.1. The van der Waals surface area contributed by atoms with Gasteiger partial charge >= 0.3 is 0 Å². The summed E-state index contributed by atoms with van der Waals surface area (Å²) in [6.45, 7) is 7.69.